The topological polar surface area (TPSA) is 69.5 Å². The summed E-state index contributed by atoms with van der Waals surface area (Å²) in [7, 11) is 1.61. The summed E-state index contributed by atoms with van der Waals surface area (Å²) in [6.45, 7) is 7.34. The van der Waals surface area contributed by atoms with E-state index in [1.54, 1.807) is 12.0 Å². The smallest absolute Gasteiger partial charge is 0.410 e. The number of hydrogen-bond donors (Lipinski definition) is 0. The van der Waals surface area contributed by atoms with Crippen molar-refractivity contribution in [1.82, 2.24) is 19.4 Å². The zero-order valence-corrected chi connectivity index (χ0v) is 15.2. The predicted octanol–water partition coefficient (Wildman–Crippen LogP) is 2.63. The molecular weight excluding hydrogens is 320 g/mol. The van der Waals surface area contributed by atoms with Crippen molar-refractivity contribution >= 4 is 6.09 Å². The molecule has 0 N–H and O–H groups in total. The first-order chi connectivity index (χ1) is 11.9. The number of methoxy groups -OCH3 is 1. The molecule has 0 fully saturated rings. The number of carbonyl (C=O) groups excluding carboxylic acids is 1. The third kappa shape index (κ3) is 4.10. The van der Waals surface area contributed by atoms with E-state index >= 15 is 0 Å². The van der Waals surface area contributed by atoms with Gasteiger partial charge in [-0.05, 0) is 26.8 Å². The lowest BCUT2D eigenvalue weighted by atomic mass is 10.1. The normalized spacial score (nSPS) is 14.2. The number of amides is 1. The molecule has 0 spiro atoms. The van der Waals surface area contributed by atoms with Gasteiger partial charge in [-0.15, -0.1) is 0 Å². The fraction of sp³-hybridized carbons (Fsp3) is 0.500. The Balaban J connectivity index is 1.71. The molecule has 0 saturated carbocycles. The molecule has 0 radical (unpaired) electrons. The Kier molecular flexibility index (Phi) is 4.65. The molecule has 7 nitrogen and oxygen atoms in total. The second-order valence-corrected chi connectivity index (χ2v) is 7.09. The maximum absolute atomic E-state index is 12.2. The Hall–Kier alpha value is -2.57. The van der Waals surface area contributed by atoms with Gasteiger partial charge in [-0.25, -0.2) is 14.8 Å². The van der Waals surface area contributed by atoms with Crippen molar-refractivity contribution in [3.63, 3.8) is 0 Å². The van der Waals surface area contributed by atoms with E-state index in [1.807, 2.05) is 45.3 Å². The first-order valence-corrected chi connectivity index (χ1v) is 8.36. The molecule has 134 valence electrons. The van der Waals surface area contributed by atoms with Crippen LogP contribution in [0.2, 0.25) is 0 Å². The highest BCUT2D eigenvalue weighted by Gasteiger charge is 2.28. The Bertz CT molecular complexity index is 764. The first-order valence-electron chi connectivity index (χ1n) is 8.36. The van der Waals surface area contributed by atoms with Gasteiger partial charge in [-0.2, -0.15) is 0 Å². The highest BCUT2D eigenvalue weighted by molar-refractivity contribution is 5.68. The summed E-state index contributed by atoms with van der Waals surface area (Å²) in [5.74, 6) is 0.600. The van der Waals surface area contributed by atoms with Crippen LogP contribution in [0, 0.1) is 0 Å². The van der Waals surface area contributed by atoms with Gasteiger partial charge in [-0.1, -0.05) is 6.07 Å². The van der Waals surface area contributed by atoms with Gasteiger partial charge in [0.05, 0.1) is 37.9 Å². The Morgan fingerprint density at radius 3 is 2.84 bits per heavy atom. The van der Waals surface area contributed by atoms with Crippen LogP contribution >= 0.6 is 0 Å². The van der Waals surface area contributed by atoms with E-state index in [4.69, 9.17) is 9.47 Å². The van der Waals surface area contributed by atoms with Gasteiger partial charge in [0, 0.05) is 24.7 Å². The van der Waals surface area contributed by atoms with E-state index in [9.17, 15) is 4.79 Å². The van der Waals surface area contributed by atoms with E-state index in [2.05, 4.69) is 14.5 Å². The second-order valence-electron chi connectivity index (χ2n) is 7.09. The van der Waals surface area contributed by atoms with Crippen LogP contribution in [0.1, 0.15) is 37.9 Å². The molecule has 3 rings (SSSR count). The highest BCUT2D eigenvalue weighted by atomic mass is 16.6. The highest BCUT2D eigenvalue weighted by Crippen LogP contribution is 2.21. The molecular formula is C18H24N4O3. The van der Waals surface area contributed by atoms with Crippen LogP contribution in [0.4, 0.5) is 4.79 Å². The van der Waals surface area contributed by atoms with E-state index in [-0.39, 0.29) is 6.09 Å². The summed E-state index contributed by atoms with van der Waals surface area (Å²) >= 11 is 0. The summed E-state index contributed by atoms with van der Waals surface area (Å²) in [5.41, 5.74) is 2.48. The molecule has 1 aliphatic rings. The number of pyridine rings is 1. The molecule has 1 aliphatic heterocycles. The number of imidazole rings is 1. The predicted molar refractivity (Wildman–Crippen MR) is 92.5 cm³/mol. The fourth-order valence-corrected chi connectivity index (χ4v) is 2.82. The van der Waals surface area contributed by atoms with Crippen LogP contribution in [0.5, 0.6) is 5.88 Å². The van der Waals surface area contributed by atoms with Crippen molar-refractivity contribution < 1.29 is 14.3 Å². The number of hydrogen-bond acceptors (Lipinski definition) is 5. The second kappa shape index (κ2) is 6.74. The molecule has 0 aliphatic carbocycles. The SMILES string of the molecule is COc1cccc(Cn2cnc3c2CCN(C(=O)OC(C)(C)C)C3)n1. The Morgan fingerprint density at radius 1 is 1.32 bits per heavy atom. The molecule has 7 heteroatoms. The van der Waals surface area contributed by atoms with Crippen molar-refractivity contribution in [2.24, 2.45) is 0 Å². The van der Waals surface area contributed by atoms with Gasteiger partial charge < -0.3 is 18.9 Å². The summed E-state index contributed by atoms with van der Waals surface area (Å²) < 4.78 is 12.7. The molecule has 0 bridgehead atoms. The van der Waals surface area contributed by atoms with Crippen LogP contribution in [-0.4, -0.2) is 44.8 Å². The van der Waals surface area contributed by atoms with E-state index < -0.39 is 5.60 Å². The molecule has 0 unspecified atom stereocenters. The number of nitrogens with zero attached hydrogens (tertiary/aromatic N) is 4. The maximum atomic E-state index is 12.2. The van der Waals surface area contributed by atoms with Crippen LogP contribution in [0.3, 0.4) is 0 Å². The average molecular weight is 344 g/mol. The monoisotopic (exact) mass is 344 g/mol. The molecule has 1 amide bonds. The first kappa shape index (κ1) is 17.3. The lowest BCUT2D eigenvalue weighted by Crippen LogP contribution is -2.40. The molecule has 0 atom stereocenters. The van der Waals surface area contributed by atoms with Gasteiger partial charge >= 0.3 is 6.09 Å². The lowest BCUT2D eigenvalue weighted by Gasteiger charge is -2.30. The fourth-order valence-electron chi connectivity index (χ4n) is 2.82. The minimum atomic E-state index is -0.491. The van der Waals surface area contributed by atoms with Gasteiger partial charge in [0.15, 0.2) is 0 Å². The standard InChI is InChI=1S/C18H24N4O3/c1-18(2,3)25-17(23)21-9-8-15-14(11-21)19-12-22(15)10-13-6-5-7-16(20-13)24-4/h5-7,12H,8-11H2,1-4H3. The van der Waals surface area contributed by atoms with Crippen molar-refractivity contribution in [2.75, 3.05) is 13.7 Å². The number of aromatic nitrogens is 3. The van der Waals surface area contributed by atoms with E-state index in [0.717, 1.165) is 23.5 Å². The van der Waals surface area contributed by atoms with Crippen molar-refractivity contribution in [3.05, 3.63) is 41.6 Å². The van der Waals surface area contributed by atoms with Crippen molar-refractivity contribution in [2.45, 2.75) is 45.9 Å². The van der Waals surface area contributed by atoms with Crippen molar-refractivity contribution in [1.29, 1.82) is 0 Å². The molecule has 0 saturated heterocycles. The van der Waals surface area contributed by atoms with E-state index in [0.29, 0.717) is 25.5 Å². The summed E-state index contributed by atoms with van der Waals surface area (Å²) in [6, 6.07) is 5.71. The minimum absolute atomic E-state index is 0.290. The average Bonchev–Trinajstić information content (AvgIpc) is 2.95. The van der Waals surface area contributed by atoms with Crippen LogP contribution in [0.15, 0.2) is 24.5 Å². The van der Waals surface area contributed by atoms with Crippen LogP contribution < -0.4 is 4.74 Å². The molecule has 25 heavy (non-hydrogen) atoms. The van der Waals surface area contributed by atoms with E-state index in [1.165, 1.54) is 0 Å². The molecule has 3 heterocycles. The summed E-state index contributed by atoms with van der Waals surface area (Å²) in [5, 5.41) is 0. The van der Waals surface area contributed by atoms with Gasteiger partial charge in [-0.3, -0.25) is 0 Å². The third-order valence-electron chi connectivity index (χ3n) is 3.97. The zero-order chi connectivity index (χ0) is 18.0. The summed E-state index contributed by atoms with van der Waals surface area (Å²) in [6.07, 6.45) is 2.27. The molecule has 2 aromatic heterocycles. The third-order valence-corrected chi connectivity index (χ3v) is 3.97. The van der Waals surface area contributed by atoms with Crippen LogP contribution in [-0.2, 0) is 24.2 Å². The molecule has 0 aromatic carbocycles. The number of ether oxygens (including phenoxy) is 2. The minimum Gasteiger partial charge on any atom is -0.481 e. The quantitative estimate of drug-likeness (QED) is 0.856. The Labute approximate surface area is 147 Å². The van der Waals surface area contributed by atoms with Gasteiger partial charge in [0.1, 0.15) is 5.60 Å². The molecule has 2 aromatic rings. The lowest BCUT2D eigenvalue weighted by molar-refractivity contribution is 0.0220. The summed E-state index contributed by atoms with van der Waals surface area (Å²) in [4.78, 5) is 22.9. The number of carbonyl (C=O) groups is 1. The largest absolute Gasteiger partial charge is 0.481 e. The Morgan fingerprint density at radius 2 is 2.12 bits per heavy atom. The zero-order valence-electron chi connectivity index (χ0n) is 15.2. The number of fused-ring (bicyclic) bond motifs is 1. The maximum Gasteiger partial charge on any atom is 0.410 e. The van der Waals surface area contributed by atoms with Gasteiger partial charge in [0.25, 0.3) is 0 Å². The van der Waals surface area contributed by atoms with Gasteiger partial charge in [0.2, 0.25) is 5.88 Å². The van der Waals surface area contributed by atoms with Crippen molar-refractivity contribution in [3.8, 4) is 5.88 Å². The van der Waals surface area contributed by atoms with Crippen LogP contribution in [0.25, 0.3) is 0 Å². The number of rotatable bonds is 3.